The van der Waals surface area contributed by atoms with E-state index >= 15 is 0 Å². The molecule has 0 fully saturated rings. The molecule has 0 saturated carbocycles. The Hall–Kier alpha value is -1.83. The van der Waals surface area contributed by atoms with Gasteiger partial charge in [0, 0.05) is 5.56 Å². The number of nitrogens with zero attached hydrogens (tertiary/aromatic N) is 1. The molecular formula is C15H18N2. The molecule has 88 valence electrons. The van der Waals surface area contributed by atoms with Crippen LogP contribution in [0.25, 0.3) is 11.3 Å². The molecule has 0 amide bonds. The third-order valence-corrected chi connectivity index (χ3v) is 2.89. The first-order chi connectivity index (χ1) is 8.08. The van der Waals surface area contributed by atoms with Crippen molar-refractivity contribution in [2.24, 2.45) is 0 Å². The van der Waals surface area contributed by atoms with E-state index in [9.17, 15) is 0 Å². The van der Waals surface area contributed by atoms with Crippen LogP contribution in [-0.2, 0) is 0 Å². The SMILES string of the molecule is Cc1ccc(-c2ncc(N)cc2C(C)C)cc1. The molecule has 2 nitrogen and oxygen atoms in total. The maximum atomic E-state index is 5.80. The highest BCUT2D eigenvalue weighted by Gasteiger charge is 2.10. The second-order valence-electron chi connectivity index (χ2n) is 4.73. The molecule has 0 bridgehead atoms. The Morgan fingerprint density at radius 1 is 1.12 bits per heavy atom. The highest BCUT2D eigenvalue weighted by molar-refractivity contribution is 5.66. The summed E-state index contributed by atoms with van der Waals surface area (Å²) in [6.45, 7) is 6.41. The number of pyridine rings is 1. The van der Waals surface area contributed by atoms with Crippen molar-refractivity contribution in [3.8, 4) is 11.3 Å². The smallest absolute Gasteiger partial charge is 0.0738 e. The zero-order chi connectivity index (χ0) is 12.4. The van der Waals surface area contributed by atoms with Crippen LogP contribution in [0.3, 0.4) is 0 Å². The van der Waals surface area contributed by atoms with Crippen LogP contribution in [0.15, 0.2) is 36.5 Å². The number of anilines is 1. The van der Waals surface area contributed by atoms with Crippen LogP contribution in [0.4, 0.5) is 5.69 Å². The highest BCUT2D eigenvalue weighted by Crippen LogP contribution is 2.28. The highest BCUT2D eigenvalue weighted by atomic mass is 14.7. The predicted molar refractivity (Wildman–Crippen MR) is 72.9 cm³/mol. The Balaban J connectivity index is 2.54. The van der Waals surface area contributed by atoms with Gasteiger partial charge in [-0.25, -0.2) is 0 Å². The average molecular weight is 226 g/mol. The lowest BCUT2D eigenvalue weighted by molar-refractivity contribution is 0.862. The van der Waals surface area contributed by atoms with Gasteiger partial charge < -0.3 is 5.73 Å². The van der Waals surface area contributed by atoms with Crippen LogP contribution in [0.2, 0.25) is 0 Å². The van der Waals surface area contributed by atoms with Gasteiger partial charge in [0.1, 0.15) is 0 Å². The average Bonchev–Trinajstić information content (AvgIpc) is 2.30. The van der Waals surface area contributed by atoms with E-state index in [1.54, 1.807) is 6.20 Å². The van der Waals surface area contributed by atoms with Crippen molar-refractivity contribution in [2.45, 2.75) is 26.7 Å². The maximum absolute atomic E-state index is 5.80. The lowest BCUT2D eigenvalue weighted by Crippen LogP contribution is -1.98. The number of aryl methyl sites for hydroxylation is 1. The van der Waals surface area contributed by atoms with Crippen molar-refractivity contribution in [3.63, 3.8) is 0 Å². The fourth-order valence-electron chi connectivity index (χ4n) is 1.89. The lowest BCUT2D eigenvalue weighted by Gasteiger charge is -2.12. The van der Waals surface area contributed by atoms with E-state index < -0.39 is 0 Å². The van der Waals surface area contributed by atoms with Gasteiger partial charge in [-0.05, 0) is 24.5 Å². The second kappa shape index (κ2) is 4.58. The Morgan fingerprint density at radius 3 is 2.35 bits per heavy atom. The summed E-state index contributed by atoms with van der Waals surface area (Å²) in [6.07, 6.45) is 1.72. The second-order valence-corrected chi connectivity index (χ2v) is 4.73. The number of nitrogens with two attached hydrogens (primary N) is 1. The molecule has 0 spiro atoms. The Bertz CT molecular complexity index is 513. The number of rotatable bonds is 2. The fraction of sp³-hybridized carbons (Fsp3) is 0.267. The van der Waals surface area contributed by atoms with E-state index in [1.807, 2.05) is 6.07 Å². The molecule has 2 heteroatoms. The third-order valence-electron chi connectivity index (χ3n) is 2.89. The quantitative estimate of drug-likeness (QED) is 0.846. The maximum Gasteiger partial charge on any atom is 0.0738 e. The van der Waals surface area contributed by atoms with Gasteiger partial charge in [-0.1, -0.05) is 43.7 Å². The van der Waals surface area contributed by atoms with E-state index in [-0.39, 0.29) is 0 Å². The first kappa shape index (κ1) is 11.6. The Labute approximate surface area is 103 Å². The van der Waals surface area contributed by atoms with E-state index in [0.29, 0.717) is 5.92 Å². The van der Waals surface area contributed by atoms with Gasteiger partial charge in [-0.2, -0.15) is 0 Å². The summed E-state index contributed by atoms with van der Waals surface area (Å²) in [7, 11) is 0. The Kier molecular flexibility index (Phi) is 3.14. The standard InChI is InChI=1S/C15H18N2/c1-10(2)14-8-13(16)9-17-15(14)12-6-4-11(3)5-7-12/h4-10H,16H2,1-3H3. The molecule has 2 aromatic rings. The number of hydrogen-bond acceptors (Lipinski definition) is 2. The van der Waals surface area contributed by atoms with Crippen LogP contribution >= 0.6 is 0 Å². The normalized spacial score (nSPS) is 10.8. The summed E-state index contributed by atoms with van der Waals surface area (Å²) in [5, 5.41) is 0. The number of benzene rings is 1. The monoisotopic (exact) mass is 226 g/mol. The number of hydrogen-bond donors (Lipinski definition) is 1. The van der Waals surface area contributed by atoms with Crippen molar-refractivity contribution >= 4 is 5.69 Å². The largest absolute Gasteiger partial charge is 0.397 e. The topological polar surface area (TPSA) is 38.9 Å². The van der Waals surface area contributed by atoms with Gasteiger partial charge in [-0.15, -0.1) is 0 Å². The summed E-state index contributed by atoms with van der Waals surface area (Å²) in [5.74, 6) is 0.419. The van der Waals surface area contributed by atoms with Crippen LogP contribution in [0.5, 0.6) is 0 Å². The minimum atomic E-state index is 0.419. The molecule has 0 radical (unpaired) electrons. The van der Waals surface area contributed by atoms with Gasteiger partial charge >= 0.3 is 0 Å². The van der Waals surface area contributed by atoms with E-state index in [0.717, 1.165) is 16.9 Å². The first-order valence-electron chi connectivity index (χ1n) is 5.90. The minimum Gasteiger partial charge on any atom is -0.397 e. The summed E-state index contributed by atoms with van der Waals surface area (Å²) in [5.41, 5.74) is 11.2. The summed E-state index contributed by atoms with van der Waals surface area (Å²) >= 11 is 0. The van der Waals surface area contributed by atoms with Gasteiger partial charge in [-0.3, -0.25) is 4.98 Å². The molecule has 0 aliphatic rings. The van der Waals surface area contributed by atoms with Gasteiger partial charge in [0.15, 0.2) is 0 Å². The summed E-state index contributed by atoms with van der Waals surface area (Å²) < 4.78 is 0. The van der Waals surface area contributed by atoms with Crippen molar-refractivity contribution in [3.05, 3.63) is 47.7 Å². The van der Waals surface area contributed by atoms with E-state index in [2.05, 4.69) is 50.0 Å². The molecule has 2 rings (SSSR count). The molecule has 0 aliphatic carbocycles. The lowest BCUT2D eigenvalue weighted by atomic mass is 9.96. The summed E-state index contributed by atoms with van der Waals surface area (Å²) in [4.78, 5) is 4.47. The minimum absolute atomic E-state index is 0.419. The molecule has 2 N–H and O–H groups in total. The van der Waals surface area contributed by atoms with Crippen LogP contribution in [0.1, 0.15) is 30.9 Å². The van der Waals surface area contributed by atoms with Crippen LogP contribution < -0.4 is 5.73 Å². The van der Waals surface area contributed by atoms with Crippen molar-refractivity contribution in [1.29, 1.82) is 0 Å². The molecule has 0 aliphatic heterocycles. The molecule has 1 aromatic heterocycles. The Morgan fingerprint density at radius 2 is 1.76 bits per heavy atom. The molecule has 17 heavy (non-hydrogen) atoms. The molecular weight excluding hydrogens is 208 g/mol. The predicted octanol–water partition coefficient (Wildman–Crippen LogP) is 3.76. The molecule has 1 heterocycles. The number of nitrogen functional groups attached to an aromatic ring is 1. The summed E-state index contributed by atoms with van der Waals surface area (Å²) in [6, 6.07) is 10.5. The van der Waals surface area contributed by atoms with Gasteiger partial charge in [0.2, 0.25) is 0 Å². The van der Waals surface area contributed by atoms with Crippen LogP contribution in [-0.4, -0.2) is 4.98 Å². The van der Waals surface area contributed by atoms with Crippen LogP contribution in [0, 0.1) is 6.92 Å². The zero-order valence-corrected chi connectivity index (χ0v) is 10.6. The third kappa shape index (κ3) is 2.47. The first-order valence-corrected chi connectivity index (χ1v) is 5.90. The van der Waals surface area contributed by atoms with E-state index in [4.69, 9.17) is 5.73 Å². The van der Waals surface area contributed by atoms with E-state index in [1.165, 1.54) is 11.1 Å². The number of aromatic nitrogens is 1. The van der Waals surface area contributed by atoms with Crippen molar-refractivity contribution < 1.29 is 0 Å². The molecule has 1 aromatic carbocycles. The molecule has 0 unspecified atom stereocenters. The fourth-order valence-corrected chi connectivity index (χ4v) is 1.89. The molecule has 0 saturated heterocycles. The van der Waals surface area contributed by atoms with Crippen molar-refractivity contribution in [2.75, 3.05) is 5.73 Å². The molecule has 0 atom stereocenters. The zero-order valence-electron chi connectivity index (χ0n) is 10.6. The van der Waals surface area contributed by atoms with Crippen molar-refractivity contribution in [1.82, 2.24) is 4.98 Å². The van der Waals surface area contributed by atoms with Gasteiger partial charge in [0.05, 0.1) is 17.6 Å². The van der Waals surface area contributed by atoms with Gasteiger partial charge in [0.25, 0.3) is 0 Å².